The first-order valence-electron chi connectivity index (χ1n) is 3.87. The number of hydrogen-bond acceptors (Lipinski definition) is 3. The van der Waals surface area contributed by atoms with Gasteiger partial charge in [0.05, 0.1) is 11.1 Å². The predicted octanol–water partition coefficient (Wildman–Crippen LogP) is 2.35. The van der Waals surface area contributed by atoms with Gasteiger partial charge in [0, 0.05) is 0 Å². The first-order chi connectivity index (χ1) is 7.39. The first-order valence-corrected chi connectivity index (χ1v) is 3.87. The highest BCUT2D eigenvalue weighted by molar-refractivity contribution is 5.85. The summed E-state index contributed by atoms with van der Waals surface area (Å²) >= 11 is 0. The highest BCUT2D eigenvalue weighted by atomic mass is 19.4. The summed E-state index contributed by atoms with van der Waals surface area (Å²) < 4.78 is 52.1. The van der Waals surface area contributed by atoms with Crippen molar-refractivity contribution in [3.8, 4) is 5.75 Å². The number of halogens is 4. The second-order valence-corrected chi connectivity index (χ2v) is 2.66. The van der Waals surface area contributed by atoms with Crippen LogP contribution < -0.4 is 4.74 Å². The van der Waals surface area contributed by atoms with Crippen LogP contribution in [0.5, 0.6) is 5.75 Å². The van der Waals surface area contributed by atoms with Gasteiger partial charge in [0.2, 0.25) is 0 Å². The van der Waals surface area contributed by atoms with Crippen molar-refractivity contribution in [1.82, 2.24) is 0 Å². The Morgan fingerprint density at radius 3 is 2.19 bits per heavy atom. The summed E-state index contributed by atoms with van der Waals surface area (Å²) in [5, 5.41) is 0. The number of carbonyl (C=O) groups is 2. The zero-order valence-corrected chi connectivity index (χ0v) is 7.55. The van der Waals surface area contributed by atoms with Crippen LogP contribution in [0.25, 0.3) is 0 Å². The Labute approximate surface area is 86.6 Å². The summed E-state index contributed by atoms with van der Waals surface area (Å²) in [7, 11) is 0. The van der Waals surface area contributed by atoms with Crippen molar-refractivity contribution in [1.29, 1.82) is 0 Å². The van der Waals surface area contributed by atoms with Crippen molar-refractivity contribution >= 4 is 12.6 Å². The minimum Gasteiger partial charge on any atom is -0.405 e. The van der Waals surface area contributed by atoms with E-state index in [9.17, 15) is 27.2 Å². The van der Waals surface area contributed by atoms with Gasteiger partial charge >= 0.3 is 6.36 Å². The minimum atomic E-state index is -5.03. The molecule has 0 aliphatic heterocycles. The molecule has 0 N–H and O–H groups in total. The SMILES string of the molecule is O=Cc1ccc(OC(F)(F)F)c(C=O)c1F. The quantitative estimate of drug-likeness (QED) is 0.597. The van der Waals surface area contributed by atoms with Crippen LogP contribution in [0.15, 0.2) is 12.1 Å². The predicted molar refractivity (Wildman–Crippen MR) is 43.9 cm³/mol. The van der Waals surface area contributed by atoms with Gasteiger partial charge in [-0.25, -0.2) is 4.39 Å². The van der Waals surface area contributed by atoms with E-state index in [0.29, 0.717) is 6.07 Å². The lowest BCUT2D eigenvalue weighted by Crippen LogP contribution is -2.18. The molecule has 3 nitrogen and oxygen atoms in total. The maximum Gasteiger partial charge on any atom is 0.573 e. The second-order valence-electron chi connectivity index (χ2n) is 2.66. The molecule has 0 spiro atoms. The molecule has 1 aromatic carbocycles. The smallest absolute Gasteiger partial charge is 0.405 e. The molecule has 0 saturated heterocycles. The fourth-order valence-electron chi connectivity index (χ4n) is 1.01. The summed E-state index contributed by atoms with van der Waals surface area (Å²) in [4.78, 5) is 20.7. The Hall–Kier alpha value is -1.92. The van der Waals surface area contributed by atoms with Crippen LogP contribution in [0.1, 0.15) is 20.7 Å². The lowest BCUT2D eigenvalue weighted by molar-refractivity contribution is -0.274. The summed E-state index contributed by atoms with van der Waals surface area (Å²) in [6, 6.07) is 1.49. The molecule has 0 unspecified atom stereocenters. The normalized spacial score (nSPS) is 11.0. The van der Waals surface area contributed by atoms with E-state index in [-0.39, 0.29) is 12.6 Å². The van der Waals surface area contributed by atoms with Crippen molar-refractivity contribution in [3.05, 3.63) is 29.1 Å². The number of alkyl halides is 3. The lowest BCUT2D eigenvalue weighted by atomic mass is 10.1. The molecule has 1 rings (SSSR count). The van der Waals surface area contributed by atoms with Crippen molar-refractivity contribution < 1.29 is 31.9 Å². The van der Waals surface area contributed by atoms with E-state index in [2.05, 4.69) is 4.74 Å². The van der Waals surface area contributed by atoms with Gasteiger partial charge in [-0.2, -0.15) is 0 Å². The van der Waals surface area contributed by atoms with E-state index in [1.54, 1.807) is 0 Å². The van der Waals surface area contributed by atoms with Gasteiger partial charge in [-0.3, -0.25) is 9.59 Å². The number of aldehydes is 2. The molecule has 0 aliphatic carbocycles. The summed E-state index contributed by atoms with van der Waals surface area (Å²) in [6.45, 7) is 0. The summed E-state index contributed by atoms with van der Waals surface area (Å²) in [5.74, 6) is -2.32. The topological polar surface area (TPSA) is 43.4 Å². The molecule has 86 valence electrons. The van der Waals surface area contributed by atoms with Crippen molar-refractivity contribution in [3.63, 3.8) is 0 Å². The van der Waals surface area contributed by atoms with Crippen molar-refractivity contribution in [2.75, 3.05) is 0 Å². The van der Waals surface area contributed by atoms with Crippen LogP contribution >= 0.6 is 0 Å². The zero-order chi connectivity index (χ0) is 12.3. The Bertz CT molecular complexity index is 425. The third-order valence-corrected chi connectivity index (χ3v) is 1.64. The Kier molecular flexibility index (Phi) is 3.26. The van der Waals surface area contributed by atoms with E-state index in [1.165, 1.54) is 0 Å². The molecule has 16 heavy (non-hydrogen) atoms. The van der Waals surface area contributed by atoms with Crippen LogP contribution in [0.2, 0.25) is 0 Å². The minimum absolute atomic E-state index is 0.0830. The third kappa shape index (κ3) is 2.56. The van der Waals surface area contributed by atoms with Gasteiger partial charge in [-0.15, -0.1) is 13.2 Å². The average molecular weight is 236 g/mol. The molecule has 0 amide bonds. The van der Waals surface area contributed by atoms with Gasteiger partial charge in [0.1, 0.15) is 11.6 Å². The Morgan fingerprint density at radius 1 is 1.12 bits per heavy atom. The molecular formula is C9H4F4O3. The molecule has 0 aliphatic rings. The molecule has 0 saturated carbocycles. The van der Waals surface area contributed by atoms with E-state index >= 15 is 0 Å². The van der Waals surface area contributed by atoms with Crippen molar-refractivity contribution in [2.24, 2.45) is 0 Å². The highest BCUT2D eigenvalue weighted by Gasteiger charge is 2.33. The number of benzene rings is 1. The first kappa shape index (κ1) is 12.2. The molecule has 0 radical (unpaired) electrons. The molecule has 0 bridgehead atoms. The number of carbonyl (C=O) groups excluding carboxylic acids is 2. The summed E-state index contributed by atoms with van der Waals surface area (Å²) in [6.07, 6.45) is -5.10. The second kappa shape index (κ2) is 4.30. The van der Waals surface area contributed by atoms with Gasteiger partial charge in [-0.1, -0.05) is 0 Å². The maximum atomic E-state index is 13.2. The molecule has 1 aromatic rings. The highest BCUT2D eigenvalue weighted by Crippen LogP contribution is 2.28. The van der Waals surface area contributed by atoms with E-state index < -0.39 is 29.1 Å². The third-order valence-electron chi connectivity index (χ3n) is 1.64. The molecule has 0 fully saturated rings. The Balaban J connectivity index is 3.26. The standard InChI is InChI=1S/C9H4F4O3/c10-8-5(3-14)1-2-7(6(8)4-15)16-9(11,12)13/h1-4H. The number of hydrogen-bond donors (Lipinski definition) is 0. The van der Waals surface area contributed by atoms with Gasteiger partial charge in [-0.05, 0) is 12.1 Å². The van der Waals surface area contributed by atoms with Crippen LogP contribution in [0.4, 0.5) is 17.6 Å². The van der Waals surface area contributed by atoms with E-state index in [0.717, 1.165) is 6.07 Å². The molecule has 0 aromatic heterocycles. The average Bonchev–Trinajstić information content (AvgIpc) is 2.16. The van der Waals surface area contributed by atoms with Crippen LogP contribution in [0.3, 0.4) is 0 Å². The van der Waals surface area contributed by atoms with E-state index in [4.69, 9.17) is 0 Å². The summed E-state index contributed by atoms with van der Waals surface area (Å²) in [5.41, 5.74) is -1.46. The fourth-order valence-corrected chi connectivity index (χ4v) is 1.01. The molecule has 7 heteroatoms. The largest absolute Gasteiger partial charge is 0.573 e. The number of ether oxygens (including phenoxy) is 1. The Morgan fingerprint density at radius 2 is 1.75 bits per heavy atom. The van der Waals surface area contributed by atoms with Crippen LogP contribution in [-0.2, 0) is 0 Å². The fraction of sp³-hybridized carbons (Fsp3) is 0.111. The van der Waals surface area contributed by atoms with Crippen molar-refractivity contribution in [2.45, 2.75) is 6.36 Å². The maximum absolute atomic E-state index is 13.2. The number of rotatable bonds is 3. The van der Waals surface area contributed by atoms with Crippen LogP contribution in [-0.4, -0.2) is 18.9 Å². The monoisotopic (exact) mass is 236 g/mol. The van der Waals surface area contributed by atoms with Gasteiger partial charge < -0.3 is 4.74 Å². The molecule has 0 atom stereocenters. The molecule has 0 heterocycles. The van der Waals surface area contributed by atoms with Gasteiger partial charge in [0.25, 0.3) is 0 Å². The van der Waals surface area contributed by atoms with Crippen LogP contribution in [0, 0.1) is 5.82 Å². The lowest BCUT2D eigenvalue weighted by Gasteiger charge is -2.11. The molecular weight excluding hydrogens is 232 g/mol. The van der Waals surface area contributed by atoms with E-state index in [1.807, 2.05) is 0 Å². The zero-order valence-electron chi connectivity index (χ0n) is 7.55. The van der Waals surface area contributed by atoms with Gasteiger partial charge in [0.15, 0.2) is 12.6 Å².